The van der Waals surface area contributed by atoms with Crippen molar-refractivity contribution in [3.8, 4) is 0 Å². The van der Waals surface area contributed by atoms with Crippen LogP contribution in [0.4, 0.5) is 0 Å². The highest BCUT2D eigenvalue weighted by atomic mass is 16.1. The van der Waals surface area contributed by atoms with E-state index in [0.717, 1.165) is 0 Å². The predicted molar refractivity (Wildman–Crippen MR) is 48.8 cm³/mol. The minimum atomic E-state index is -0.313. The van der Waals surface area contributed by atoms with E-state index in [0.29, 0.717) is 11.3 Å². The second-order valence-electron chi connectivity index (χ2n) is 3.70. The molecule has 0 aromatic carbocycles. The van der Waals surface area contributed by atoms with Gasteiger partial charge < -0.3 is 0 Å². The first-order chi connectivity index (χ1) is 6.11. The summed E-state index contributed by atoms with van der Waals surface area (Å²) in [5, 5.41) is 0. The number of hydrogen-bond donors (Lipinski definition) is 0. The van der Waals surface area contributed by atoms with Crippen LogP contribution in [0.3, 0.4) is 0 Å². The maximum atomic E-state index is 11.5. The molecule has 1 aromatic rings. The average molecular weight is 174 g/mol. The third-order valence-electron chi connectivity index (χ3n) is 2.17. The fourth-order valence-corrected chi connectivity index (χ4v) is 1.39. The van der Waals surface area contributed by atoms with Crippen molar-refractivity contribution < 1.29 is 4.79 Å². The van der Waals surface area contributed by atoms with Crippen LogP contribution in [-0.2, 0) is 4.79 Å². The van der Waals surface area contributed by atoms with E-state index in [9.17, 15) is 4.79 Å². The van der Waals surface area contributed by atoms with Crippen LogP contribution in [0.1, 0.15) is 19.5 Å². The molecule has 0 unspecified atom stereocenters. The smallest absolute Gasteiger partial charge is 0.174 e. The Labute approximate surface area is 76.5 Å². The van der Waals surface area contributed by atoms with E-state index in [1.807, 2.05) is 19.9 Å². The number of rotatable bonds is 1. The van der Waals surface area contributed by atoms with Crippen molar-refractivity contribution in [2.45, 2.75) is 13.8 Å². The van der Waals surface area contributed by atoms with Gasteiger partial charge in [0.25, 0.3) is 0 Å². The second kappa shape index (κ2) is 2.49. The van der Waals surface area contributed by atoms with Crippen molar-refractivity contribution in [1.29, 1.82) is 0 Å². The Morgan fingerprint density at radius 3 is 2.54 bits per heavy atom. The van der Waals surface area contributed by atoms with Crippen LogP contribution in [0.2, 0.25) is 0 Å². The van der Waals surface area contributed by atoms with Crippen molar-refractivity contribution >= 4 is 11.4 Å². The molecule has 13 heavy (non-hydrogen) atoms. The molecular formula is C10H10N2O. The van der Waals surface area contributed by atoms with Crippen molar-refractivity contribution in [2.75, 3.05) is 0 Å². The second-order valence-corrected chi connectivity index (χ2v) is 3.70. The van der Waals surface area contributed by atoms with Gasteiger partial charge in [0.15, 0.2) is 5.78 Å². The van der Waals surface area contributed by atoms with Crippen molar-refractivity contribution in [3.05, 3.63) is 30.4 Å². The topological polar surface area (TPSA) is 42.9 Å². The summed E-state index contributed by atoms with van der Waals surface area (Å²) in [5.74, 6) is 0.146. The summed E-state index contributed by atoms with van der Waals surface area (Å²) in [6, 6.07) is 0. The van der Waals surface area contributed by atoms with Gasteiger partial charge in [0.2, 0.25) is 0 Å². The summed E-state index contributed by atoms with van der Waals surface area (Å²) < 4.78 is 0. The van der Waals surface area contributed by atoms with Gasteiger partial charge in [-0.3, -0.25) is 14.8 Å². The summed E-state index contributed by atoms with van der Waals surface area (Å²) in [4.78, 5) is 19.5. The number of carbonyl (C=O) groups is 1. The lowest BCUT2D eigenvalue weighted by molar-refractivity contribution is -0.121. The van der Waals surface area contributed by atoms with Gasteiger partial charge in [-0.1, -0.05) is 6.08 Å². The van der Waals surface area contributed by atoms with Crippen molar-refractivity contribution in [1.82, 2.24) is 9.97 Å². The fourth-order valence-electron chi connectivity index (χ4n) is 1.39. The minimum absolute atomic E-state index is 0.146. The average Bonchev–Trinajstić information content (AvgIpc) is 2.15. The summed E-state index contributed by atoms with van der Waals surface area (Å²) in [6.07, 6.45) is 6.73. The minimum Gasteiger partial charge on any atom is -0.293 e. The van der Waals surface area contributed by atoms with Gasteiger partial charge in [-0.05, 0) is 13.8 Å². The molecule has 0 aliphatic heterocycles. The normalized spacial score (nSPS) is 19.2. The molecule has 0 fully saturated rings. The highest BCUT2D eigenvalue weighted by Crippen LogP contribution is 2.38. The maximum absolute atomic E-state index is 11.5. The molecule has 0 saturated carbocycles. The lowest BCUT2D eigenvalue weighted by Gasteiger charge is -2.29. The van der Waals surface area contributed by atoms with Gasteiger partial charge >= 0.3 is 0 Å². The third kappa shape index (κ3) is 1.16. The van der Waals surface area contributed by atoms with E-state index < -0.39 is 0 Å². The van der Waals surface area contributed by atoms with Crippen LogP contribution in [-0.4, -0.2) is 15.8 Å². The number of ketones is 1. The van der Waals surface area contributed by atoms with Crippen LogP contribution in [0.5, 0.6) is 0 Å². The molecule has 1 aliphatic rings. The first-order valence-corrected chi connectivity index (χ1v) is 4.15. The third-order valence-corrected chi connectivity index (χ3v) is 2.17. The molecule has 0 amide bonds. The van der Waals surface area contributed by atoms with Gasteiger partial charge in [-0.25, -0.2) is 0 Å². The predicted octanol–water partition coefficient (Wildman–Crippen LogP) is 1.47. The molecule has 1 heterocycles. The Bertz CT molecular complexity index is 379. The molecular weight excluding hydrogens is 164 g/mol. The Morgan fingerprint density at radius 1 is 1.31 bits per heavy atom. The molecule has 66 valence electrons. The Kier molecular flexibility index (Phi) is 1.55. The first kappa shape index (κ1) is 8.10. The monoisotopic (exact) mass is 174 g/mol. The number of aromatic nitrogens is 2. The molecule has 0 N–H and O–H groups in total. The fraction of sp³-hybridized carbons (Fsp3) is 0.300. The van der Waals surface area contributed by atoms with E-state index in [-0.39, 0.29) is 11.2 Å². The first-order valence-electron chi connectivity index (χ1n) is 4.15. The SMILES string of the molecule is CC1(C)C=C(c2cnccn2)C1=O. The van der Waals surface area contributed by atoms with E-state index in [1.54, 1.807) is 18.6 Å². The van der Waals surface area contributed by atoms with Crippen LogP contribution in [0.25, 0.3) is 5.57 Å². The zero-order chi connectivity index (χ0) is 9.47. The largest absolute Gasteiger partial charge is 0.293 e. The van der Waals surface area contributed by atoms with Gasteiger partial charge in [0.05, 0.1) is 11.9 Å². The van der Waals surface area contributed by atoms with Crippen LogP contribution >= 0.6 is 0 Å². The van der Waals surface area contributed by atoms with Crippen LogP contribution < -0.4 is 0 Å². The zero-order valence-electron chi connectivity index (χ0n) is 7.61. The van der Waals surface area contributed by atoms with Gasteiger partial charge in [0.1, 0.15) is 0 Å². The number of carbonyl (C=O) groups excluding carboxylic acids is 1. The molecule has 0 saturated heterocycles. The van der Waals surface area contributed by atoms with Crippen LogP contribution in [0, 0.1) is 5.41 Å². The number of nitrogens with zero attached hydrogens (tertiary/aromatic N) is 2. The van der Waals surface area contributed by atoms with Crippen molar-refractivity contribution in [3.63, 3.8) is 0 Å². The summed E-state index contributed by atoms with van der Waals surface area (Å²) in [5.41, 5.74) is 1.05. The maximum Gasteiger partial charge on any atom is 0.174 e. The van der Waals surface area contributed by atoms with Crippen LogP contribution in [0.15, 0.2) is 24.7 Å². The van der Waals surface area contributed by atoms with E-state index in [2.05, 4.69) is 9.97 Å². The Morgan fingerprint density at radius 2 is 2.08 bits per heavy atom. The van der Waals surface area contributed by atoms with E-state index in [1.165, 1.54) is 0 Å². The number of allylic oxidation sites excluding steroid dienone is 2. The summed E-state index contributed by atoms with van der Waals surface area (Å²) in [6.45, 7) is 3.80. The van der Waals surface area contributed by atoms with Gasteiger partial charge in [-0.15, -0.1) is 0 Å². The molecule has 1 aliphatic carbocycles. The highest BCUT2D eigenvalue weighted by Gasteiger charge is 2.38. The number of hydrogen-bond acceptors (Lipinski definition) is 3. The molecule has 0 radical (unpaired) electrons. The molecule has 1 aromatic heterocycles. The summed E-state index contributed by atoms with van der Waals surface area (Å²) >= 11 is 0. The Hall–Kier alpha value is -1.51. The lowest BCUT2D eigenvalue weighted by Crippen LogP contribution is -2.32. The van der Waals surface area contributed by atoms with Gasteiger partial charge in [-0.2, -0.15) is 0 Å². The standard InChI is InChI=1S/C10H10N2O/c1-10(2)5-7(9(10)13)8-6-11-3-4-12-8/h3-6H,1-2H3. The summed E-state index contributed by atoms with van der Waals surface area (Å²) in [7, 11) is 0. The molecule has 0 bridgehead atoms. The highest BCUT2D eigenvalue weighted by molar-refractivity contribution is 6.29. The zero-order valence-corrected chi connectivity index (χ0v) is 7.61. The molecule has 3 heteroatoms. The van der Waals surface area contributed by atoms with Gasteiger partial charge in [0, 0.05) is 23.4 Å². The quantitative estimate of drug-likeness (QED) is 0.647. The Balaban J connectivity index is 2.38. The van der Waals surface area contributed by atoms with E-state index in [4.69, 9.17) is 0 Å². The molecule has 3 nitrogen and oxygen atoms in total. The molecule has 2 rings (SSSR count). The van der Waals surface area contributed by atoms with E-state index >= 15 is 0 Å². The van der Waals surface area contributed by atoms with Crippen molar-refractivity contribution in [2.24, 2.45) is 5.41 Å². The molecule has 0 spiro atoms. The lowest BCUT2D eigenvalue weighted by atomic mass is 9.72. The molecule has 0 atom stereocenters. The number of Topliss-reactive ketones (excluding diaryl/α,β-unsaturated/α-hetero) is 1.